The maximum atomic E-state index is 12.3. The van der Waals surface area contributed by atoms with Gasteiger partial charge in [0.2, 0.25) is 0 Å². The van der Waals surface area contributed by atoms with E-state index in [0.29, 0.717) is 11.7 Å². The van der Waals surface area contributed by atoms with Crippen molar-refractivity contribution in [1.82, 2.24) is 15.2 Å². The summed E-state index contributed by atoms with van der Waals surface area (Å²) in [5.74, 6) is -0.265. The van der Waals surface area contributed by atoms with E-state index in [0.717, 1.165) is 25.9 Å². The number of nitrogens with zero attached hydrogens (tertiary/aromatic N) is 1. The summed E-state index contributed by atoms with van der Waals surface area (Å²) in [6, 6.07) is 3.94. The van der Waals surface area contributed by atoms with Crippen molar-refractivity contribution in [3.8, 4) is 0 Å². The van der Waals surface area contributed by atoms with E-state index in [4.69, 9.17) is 0 Å². The minimum atomic E-state index is -1.000. The lowest BCUT2D eigenvalue weighted by Gasteiger charge is -2.29. The average molecular weight is 281 g/mol. The summed E-state index contributed by atoms with van der Waals surface area (Å²) in [5.41, 5.74) is -0.426. The third-order valence-corrected chi connectivity index (χ3v) is 3.83. The second-order valence-corrected chi connectivity index (χ2v) is 5.61. The standard InChI is InChI=1S/C14H23N3O3/c1-14(9-18,10-19)16-13(20)12-3-2-8-17(12)11-4-6-15-7-5-11/h2-3,8,11,15,18-19H,4-7,9-10H2,1H3,(H,16,20). The number of rotatable bonds is 5. The average Bonchev–Trinajstić information content (AvgIpc) is 2.97. The van der Waals surface area contributed by atoms with Crippen LogP contribution in [-0.2, 0) is 0 Å². The van der Waals surface area contributed by atoms with Crippen LogP contribution in [0.2, 0.25) is 0 Å². The summed E-state index contributed by atoms with van der Waals surface area (Å²) in [5, 5.41) is 24.5. The molecule has 0 bridgehead atoms. The molecule has 0 aromatic carbocycles. The first-order valence-electron chi connectivity index (χ1n) is 7.01. The monoisotopic (exact) mass is 281 g/mol. The van der Waals surface area contributed by atoms with Crippen molar-refractivity contribution in [3.63, 3.8) is 0 Å². The smallest absolute Gasteiger partial charge is 0.268 e. The Bertz CT molecular complexity index is 448. The molecule has 1 amide bonds. The van der Waals surface area contributed by atoms with Crippen LogP contribution in [0.1, 0.15) is 36.3 Å². The van der Waals surface area contributed by atoms with Crippen LogP contribution in [0.4, 0.5) is 0 Å². The molecule has 0 radical (unpaired) electrons. The minimum Gasteiger partial charge on any atom is -0.394 e. The normalized spacial score (nSPS) is 17.1. The van der Waals surface area contributed by atoms with Crippen molar-refractivity contribution in [3.05, 3.63) is 24.0 Å². The van der Waals surface area contributed by atoms with Crippen LogP contribution in [0, 0.1) is 0 Å². The van der Waals surface area contributed by atoms with Crippen LogP contribution in [0.3, 0.4) is 0 Å². The highest BCUT2D eigenvalue weighted by Gasteiger charge is 2.27. The number of aliphatic hydroxyl groups is 2. The van der Waals surface area contributed by atoms with Gasteiger partial charge in [0.1, 0.15) is 5.69 Å². The topological polar surface area (TPSA) is 86.5 Å². The van der Waals surface area contributed by atoms with Crippen molar-refractivity contribution in [2.75, 3.05) is 26.3 Å². The Labute approximate surface area is 118 Å². The van der Waals surface area contributed by atoms with E-state index in [2.05, 4.69) is 10.6 Å². The van der Waals surface area contributed by atoms with E-state index in [1.807, 2.05) is 16.8 Å². The van der Waals surface area contributed by atoms with Gasteiger partial charge in [0, 0.05) is 12.2 Å². The van der Waals surface area contributed by atoms with E-state index < -0.39 is 5.54 Å². The third-order valence-electron chi connectivity index (χ3n) is 3.83. The van der Waals surface area contributed by atoms with Gasteiger partial charge in [-0.1, -0.05) is 0 Å². The molecule has 2 rings (SSSR count). The summed E-state index contributed by atoms with van der Waals surface area (Å²) in [6.07, 6.45) is 3.90. The van der Waals surface area contributed by atoms with E-state index in [-0.39, 0.29) is 19.1 Å². The van der Waals surface area contributed by atoms with Gasteiger partial charge in [-0.3, -0.25) is 4.79 Å². The third kappa shape index (κ3) is 3.20. The fourth-order valence-electron chi connectivity index (χ4n) is 2.46. The van der Waals surface area contributed by atoms with E-state index >= 15 is 0 Å². The van der Waals surface area contributed by atoms with Crippen LogP contribution in [0.25, 0.3) is 0 Å². The lowest BCUT2D eigenvalue weighted by molar-refractivity contribution is 0.0713. The van der Waals surface area contributed by atoms with Gasteiger partial charge in [0.05, 0.1) is 18.8 Å². The highest BCUT2D eigenvalue weighted by atomic mass is 16.3. The zero-order chi connectivity index (χ0) is 14.6. The maximum Gasteiger partial charge on any atom is 0.268 e. The maximum absolute atomic E-state index is 12.3. The number of carbonyl (C=O) groups excluding carboxylic acids is 1. The van der Waals surface area contributed by atoms with Crippen LogP contribution < -0.4 is 10.6 Å². The molecule has 1 fully saturated rings. The zero-order valence-electron chi connectivity index (χ0n) is 11.8. The van der Waals surface area contributed by atoms with Crippen molar-refractivity contribution in [1.29, 1.82) is 0 Å². The highest BCUT2D eigenvalue weighted by molar-refractivity contribution is 5.93. The molecular weight excluding hydrogens is 258 g/mol. The number of aliphatic hydroxyl groups excluding tert-OH is 2. The molecule has 112 valence electrons. The molecule has 1 aliphatic rings. The Kier molecular flexibility index (Phi) is 4.80. The van der Waals surface area contributed by atoms with Crippen molar-refractivity contribution in [2.24, 2.45) is 0 Å². The van der Waals surface area contributed by atoms with Gasteiger partial charge >= 0.3 is 0 Å². The van der Waals surface area contributed by atoms with Gasteiger partial charge < -0.3 is 25.4 Å². The Morgan fingerprint density at radius 2 is 2.10 bits per heavy atom. The summed E-state index contributed by atoms with van der Waals surface area (Å²) in [4.78, 5) is 12.3. The number of aromatic nitrogens is 1. The largest absolute Gasteiger partial charge is 0.394 e. The van der Waals surface area contributed by atoms with Crippen molar-refractivity contribution in [2.45, 2.75) is 31.3 Å². The molecule has 0 saturated carbocycles. The summed E-state index contributed by atoms with van der Waals surface area (Å²) in [6.45, 7) is 2.92. The van der Waals surface area contributed by atoms with Gasteiger partial charge in [-0.2, -0.15) is 0 Å². The lowest BCUT2D eigenvalue weighted by Crippen LogP contribution is -2.52. The molecule has 1 saturated heterocycles. The first-order chi connectivity index (χ1) is 9.59. The molecule has 2 heterocycles. The molecule has 4 N–H and O–H groups in total. The first-order valence-corrected chi connectivity index (χ1v) is 7.01. The summed E-state index contributed by atoms with van der Waals surface area (Å²) < 4.78 is 1.99. The molecular formula is C14H23N3O3. The Morgan fingerprint density at radius 3 is 2.70 bits per heavy atom. The van der Waals surface area contributed by atoms with Crippen LogP contribution in [0.5, 0.6) is 0 Å². The van der Waals surface area contributed by atoms with Crippen LogP contribution in [-0.4, -0.2) is 52.5 Å². The molecule has 0 atom stereocenters. The Hall–Kier alpha value is -1.37. The van der Waals surface area contributed by atoms with E-state index in [1.54, 1.807) is 13.0 Å². The molecule has 1 aromatic heterocycles. The van der Waals surface area contributed by atoms with Gasteiger partial charge in [-0.15, -0.1) is 0 Å². The fraction of sp³-hybridized carbons (Fsp3) is 0.643. The number of hydrogen-bond donors (Lipinski definition) is 4. The number of hydrogen-bond acceptors (Lipinski definition) is 4. The Morgan fingerprint density at radius 1 is 1.45 bits per heavy atom. The SMILES string of the molecule is CC(CO)(CO)NC(=O)c1cccn1C1CCNCC1. The molecule has 0 aliphatic carbocycles. The molecule has 0 unspecified atom stereocenters. The fourth-order valence-corrected chi connectivity index (χ4v) is 2.46. The predicted molar refractivity (Wildman–Crippen MR) is 75.6 cm³/mol. The van der Waals surface area contributed by atoms with Crippen molar-refractivity contribution < 1.29 is 15.0 Å². The number of piperidine rings is 1. The van der Waals surface area contributed by atoms with Crippen LogP contribution in [0.15, 0.2) is 18.3 Å². The lowest BCUT2D eigenvalue weighted by atomic mass is 10.0. The first kappa shape index (κ1) is 15.0. The molecule has 0 spiro atoms. The van der Waals surface area contributed by atoms with E-state index in [1.165, 1.54) is 0 Å². The van der Waals surface area contributed by atoms with Gasteiger partial charge in [-0.05, 0) is 45.0 Å². The van der Waals surface area contributed by atoms with E-state index in [9.17, 15) is 15.0 Å². The minimum absolute atomic E-state index is 0.265. The van der Waals surface area contributed by atoms with Crippen LogP contribution >= 0.6 is 0 Å². The number of amides is 1. The zero-order valence-corrected chi connectivity index (χ0v) is 11.8. The second-order valence-electron chi connectivity index (χ2n) is 5.61. The number of carbonyl (C=O) groups is 1. The predicted octanol–water partition coefficient (Wildman–Crippen LogP) is -0.114. The molecule has 6 heteroatoms. The Balaban J connectivity index is 2.12. The molecule has 1 aromatic rings. The molecule has 6 nitrogen and oxygen atoms in total. The summed E-state index contributed by atoms with van der Waals surface area (Å²) >= 11 is 0. The quantitative estimate of drug-likeness (QED) is 0.606. The molecule has 20 heavy (non-hydrogen) atoms. The van der Waals surface area contributed by atoms with Gasteiger partial charge in [-0.25, -0.2) is 0 Å². The van der Waals surface area contributed by atoms with Crippen molar-refractivity contribution >= 4 is 5.91 Å². The summed E-state index contributed by atoms with van der Waals surface area (Å²) in [7, 11) is 0. The highest BCUT2D eigenvalue weighted by Crippen LogP contribution is 2.21. The second kappa shape index (κ2) is 6.39. The van der Waals surface area contributed by atoms with Gasteiger partial charge in [0.25, 0.3) is 5.91 Å². The number of nitrogens with one attached hydrogen (secondary N) is 2. The van der Waals surface area contributed by atoms with Gasteiger partial charge in [0.15, 0.2) is 0 Å². The molecule has 1 aliphatic heterocycles.